The van der Waals surface area contributed by atoms with Crippen LogP contribution in [0.15, 0.2) is 58.9 Å². The number of nitrogens with zero attached hydrogens (tertiary/aromatic N) is 3. The molecule has 7 nitrogen and oxygen atoms in total. The Morgan fingerprint density at radius 3 is 2.87 bits per heavy atom. The van der Waals surface area contributed by atoms with Crippen molar-refractivity contribution < 1.29 is 19.0 Å². The predicted molar refractivity (Wildman–Crippen MR) is 113 cm³/mol. The summed E-state index contributed by atoms with van der Waals surface area (Å²) >= 11 is 0. The Morgan fingerprint density at radius 2 is 2.10 bits per heavy atom. The highest BCUT2D eigenvalue weighted by Crippen LogP contribution is 2.64. The third-order valence-corrected chi connectivity index (χ3v) is 7.35. The molecule has 1 spiro atoms. The zero-order valence-corrected chi connectivity index (χ0v) is 17.6. The van der Waals surface area contributed by atoms with Crippen molar-refractivity contribution in [2.45, 2.75) is 49.5 Å². The van der Waals surface area contributed by atoms with Gasteiger partial charge in [-0.2, -0.15) is 5.11 Å². The fraction of sp³-hybridized carbons (Fsp3) is 0.458. The number of carbonyl (C=O) groups is 1. The van der Waals surface area contributed by atoms with E-state index in [0.29, 0.717) is 6.61 Å². The minimum absolute atomic E-state index is 0.0363. The van der Waals surface area contributed by atoms with E-state index in [1.807, 2.05) is 48.3 Å². The maximum atomic E-state index is 13.1. The van der Waals surface area contributed by atoms with Crippen LogP contribution in [0.2, 0.25) is 0 Å². The van der Waals surface area contributed by atoms with E-state index in [-0.39, 0.29) is 36.0 Å². The Hall–Kier alpha value is -2.93. The topological polar surface area (TPSA) is 72.7 Å². The average molecular weight is 419 g/mol. The van der Waals surface area contributed by atoms with Gasteiger partial charge in [0, 0.05) is 5.92 Å². The van der Waals surface area contributed by atoms with Gasteiger partial charge >= 0.3 is 5.97 Å². The van der Waals surface area contributed by atoms with E-state index >= 15 is 0 Å². The molecular formula is C24H25N3O4. The largest absolute Gasteiger partial charge is 0.497 e. The maximum absolute atomic E-state index is 13.1. The van der Waals surface area contributed by atoms with Gasteiger partial charge in [-0.15, -0.1) is 0 Å². The van der Waals surface area contributed by atoms with Crippen LogP contribution >= 0.6 is 0 Å². The van der Waals surface area contributed by atoms with Crippen molar-refractivity contribution in [2.24, 2.45) is 16.3 Å². The summed E-state index contributed by atoms with van der Waals surface area (Å²) in [4.78, 5) is 13.1. The van der Waals surface area contributed by atoms with Crippen LogP contribution in [0.1, 0.15) is 30.4 Å². The highest BCUT2D eigenvalue weighted by Gasteiger charge is 2.75. The van der Waals surface area contributed by atoms with Gasteiger partial charge in [0.15, 0.2) is 0 Å². The van der Waals surface area contributed by atoms with Crippen molar-refractivity contribution in [3.05, 3.63) is 59.7 Å². The number of rotatable bonds is 4. The lowest BCUT2D eigenvalue weighted by atomic mass is 9.59. The molecule has 3 aliphatic heterocycles. The van der Waals surface area contributed by atoms with Crippen molar-refractivity contribution in [3.8, 4) is 5.75 Å². The first-order valence-electron chi connectivity index (χ1n) is 10.9. The van der Waals surface area contributed by atoms with E-state index in [4.69, 9.17) is 14.2 Å². The third-order valence-electron chi connectivity index (χ3n) is 7.35. The molecule has 2 fully saturated rings. The molecule has 1 unspecified atom stereocenters. The minimum atomic E-state index is -0.534. The number of hydrogen-bond donors (Lipinski definition) is 0. The zero-order chi connectivity index (χ0) is 21.2. The molecule has 4 aliphatic rings. The van der Waals surface area contributed by atoms with Crippen LogP contribution in [0.3, 0.4) is 0 Å². The second kappa shape index (κ2) is 6.79. The van der Waals surface area contributed by atoms with E-state index in [9.17, 15) is 4.79 Å². The molecule has 0 N–H and O–H groups in total. The van der Waals surface area contributed by atoms with Gasteiger partial charge in [0.05, 0.1) is 31.4 Å². The van der Waals surface area contributed by atoms with Crippen LogP contribution in [0, 0.1) is 5.92 Å². The summed E-state index contributed by atoms with van der Waals surface area (Å²) in [7, 11) is 1.68. The molecule has 0 amide bonds. The lowest BCUT2D eigenvalue weighted by molar-refractivity contribution is -0.150. The highest BCUT2D eigenvalue weighted by molar-refractivity contribution is 5.77. The molecule has 2 bridgehead atoms. The van der Waals surface area contributed by atoms with Crippen LogP contribution in [0.4, 0.5) is 5.69 Å². The molecular weight excluding hydrogens is 394 g/mol. The summed E-state index contributed by atoms with van der Waals surface area (Å²) < 4.78 is 17.7. The maximum Gasteiger partial charge on any atom is 0.312 e. The van der Waals surface area contributed by atoms with Crippen molar-refractivity contribution in [1.29, 1.82) is 0 Å². The molecule has 160 valence electrons. The number of carbonyl (C=O) groups excluding carboxylic acids is 1. The van der Waals surface area contributed by atoms with Gasteiger partial charge < -0.3 is 14.2 Å². The summed E-state index contributed by atoms with van der Waals surface area (Å²) in [6, 6.07) is 16.0. The number of aryl methyl sites for hydroxylation is 1. The first-order chi connectivity index (χ1) is 15.2. The Kier molecular flexibility index (Phi) is 4.12. The molecule has 2 aromatic rings. The summed E-state index contributed by atoms with van der Waals surface area (Å²) in [6.45, 7) is 2.19. The second-order valence-electron chi connectivity index (χ2n) is 8.68. The summed E-state index contributed by atoms with van der Waals surface area (Å²) in [5.41, 5.74) is 2.84. The molecule has 7 heteroatoms. The van der Waals surface area contributed by atoms with Gasteiger partial charge in [-0.1, -0.05) is 29.5 Å². The first kappa shape index (κ1) is 18.8. The smallest absolute Gasteiger partial charge is 0.312 e. The number of fused-ring (bicyclic) bond motifs is 5. The van der Waals surface area contributed by atoms with Gasteiger partial charge in [-0.05, 0) is 55.2 Å². The highest BCUT2D eigenvalue weighted by atomic mass is 16.6. The molecule has 6 atom stereocenters. The Balaban J connectivity index is 1.48. The first-order valence-corrected chi connectivity index (χ1v) is 10.9. The van der Waals surface area contributed by atoms with E-state index < -0.39 is 5.60 Å². The molecule has 2 saturated heterocycles. The number of esters is 1. The number of para-hydroxylation sites is 1. The standard InChI is InChI=1S/C24H25N3O4/c1-3-30-23(28)18-19-17-10-9-16(29-2)13-14(17)11-12-24(19)22-20(21(18)31-24)25-26-27(22)15-7-5-4-6-8-15/h4-10,13,18-22H,3,11-12H2,1-2H3/t18?,19-,20+,21+,22+,24-/m0/s1. The number of ether oxygens (including phenoxy) is 3. The molecule has 31 heavy (non-hydrogen) atoms. The van der Waals surface area contributed by atoms with Gasteiger partial charge in [-0.25, -0.2) is 5.01 Å². The van der Waals surface area contributed by atoms with E-state index in [1.165, 1.54) is 5.56 Å². The summed E-state index contributed by atoms with van der Waals surface area (Å²) in [6.07, 6.45) is 1.33. The fourth-order valence-electron chi connectivity index (χ4n) is 6.23. The lowest BCUT2D eigenvalue weighted by Gasteiger charge is -2.46. The van der Waals surface area contributed by atoms with Crippen LogP contribution < -0.4 is 9.75 Å². The SMILES string of the molecule is CCOC(=O)C1[C@H]2O[C@]3(CCc4cc(OC)ccc4[C@@H]13)[C@H]1[C@@H]2N=NN1c1ccccc1. The third kappa shape index (κ3) is 2.47. The van der Waals surface area contributed by atoms with Gasteiger partial charge in [-0.3, -0.25) is 4.79 Å². The summed E-state index contributed by atoms with van der Waals surface area (Å²) in [5, 5.41) is 11.2. The Bertz CT molecular complexity index is 1060. The minimum Gasteiger partial charge on any atom is -0.497 e. The van der Waals surface area contributed by atoms with Crippen LogP contribution in [-0.2, 0) is 20.7 Å². The average Bonchev–Trinajstić information content (AvgIpc) is 3.48. The van der Waals surface area contributed by atoms with Crippen LogP contribution in [0.25, 0.3) is 0 Å². The molecule has 3 heterocycles. The van der Waals surface area contributed by atoms with E-state index in [1.54, 1.807) is 7.11 Å². The Morgan fingerprint density at radius 1 is 1.26 bits per heavy atom. The number of methoxy groups -OCH3 is 1. The quantitative estimate of drug-likeness (QED) is 0.707. The van der Waals surface area contributed by atoms with Crippen molar-refractivity contribution >= 4 is 11.7 Å². The Labute approximate surface area is 181 Å². The van der Waals surface area contributed by atoms with Crippen molar-refractivity contribution in [1.82, 2.24) is 0 Å². The number of anilines is 1. The van der Waals surface area contributed by atoms with Gasteiger partial charge in [0.2, 0.25) is 0 Å². The second-order valence-corrected chi connectivity index (χ2v) is 8.68. The van der Waals surface area contributed by atoms with Crippen LogP contribution in [0.5, 0.6) is 5.75 Å². The van der Waals surface area contributed by atoms with Crippen molar-refractivity contribution in [2.75, 3.05) is 18.7 Å². The van der Waals surface area contributed by atoms with Gasteiger partial charge in [0.1, 0.15) is 23.4 Å². The number of hydrogen-bond acceptors (Lipinski definition) is 7. The van der Waals surface area contributed by atoms with Crippen molar-refractivity contribution in [3.63, 3.8) is 0 Å². The molecule has 1 aliphatic carbocycles. The van der Waals surface area contributed by atoms with E-state index in [2.05, 4.69) is 22.5 Å². The monoisotopic (exact) mass is 419 g/mol. The number of benzene rings is 2. The van der Waals surface area contributed by atoms with Gasteiger partial charge in [0.25, 0.3) is 0 Å². The normalized spacial score (nSPS) is 34.3. The zero-order valence-electron chi connectivity index (χ0n) is 17.6. The van der Waals surface area contributed by atoms with E-state index in [0.717, 1.165) is 29.8 Å². The lowest BCUT2D eigenvalue weighted by Crippen LogP contribution is -2.59. The summed E-state index contributed by atoms with van der Waals surface area (Å²) in [5.74, 6) is 0.154. The van der Waals surface area contributed by atoms with Crippen LogP contribution in [-0.4, -0.2) is 43.5 Å². The molecule has 0 radical (unpaired) electrons. The molecule has 0 aromatic heterocycles. The molecule has 2 aromatic carbocycles. The molecule has 0 saturated carbocycles. The fourth-order valence-corrected chi connectivity index (χ4v) is 6.23. The predicted octanol–water partition coefficient (Wildman–Crippen LogP) is 3.68. The molecule has 6 rings (SSSR count).